The van der Waals surface area contributed by atoms with Crippen LogP contribution in [0, 0.1) is 6.92 Å². The van der Waals surface area contributed by atoms with E-state index in [4.69, 9.17) is 5.11 Å². The Kier molecular flexibility index (Phi) is 3.83. The van der Waals surface area contributed by atoms with Crippen molar-refractivity contribution < 1.29 is 19.8 Å². The minimum Gasteiger partial charge on any atom is -0.505 e. The van der Waals surface area contributed by atoms with Gasteiger partial charge in [0, 0.05) is 16.2 Å². The molecule has 1 amide bonds. The molecule has 16 heavy (non-hydrogen) atoms. The normalized spacial score (nSPS) is 9.88. The first-order valence-corrected chi connectivity index (χ1v) is 5.07. The molecule has 1 aromatic rings. The summed E-state index contributed by atoms with van der Waals surface area (Å²) >= 11 is 3.14. The number of amides is 1. The Balaban J connectivity index is 2.92. The highest BCUT2D eigenvalue weighted by molar-refractivity contribution is 9.10. The highest BCUT2D eigenvalue weighted by atomic mass is 79.9. The maximum Gasteiger partial charge on any atom is 0.322 e. The summed E-state index contributed by atoms with van der Waals surface area (Å²) in [4.78, 5) is 25.4. The summed E-state index contributed by atoms with van der Waals surface area (Å²) in [5.74, 6) is -2.16. The smallest absolute Gasteiger partial charge is 0.322 e. The van der Waals surface area contributed by atoms with Crippen LogP contribution in [0.15, 0.2) is 10.7 Å². The molecule has 7 heteroatoms. The summed E-state index contributed by atoms with van der Waals surface area (Å²) in [5, 5.41) is 20.1. The van der Waals surface area contributed by atoms with Gasteiger partial charge in [-0.3, -0.25) is 9.59 Å². The number of nitrogens with one attached hydrogen (secondary N) is 1. The number of pyridine rings is 1. The lowest BCUT2D eigenvalue weighted by Crippen LogP contribution is -2.30. The number of hydrogen-bond donors (Lipinski definition) is 3. The van der Waals surface area contributed by atoms with E-state index in [1.54, 1.807) is 6.92 Å². The van der Waals surface area contributed by atoms with E-state index >= 15 is 0 Å². The molecule has 0 spiro atoms. The van der Waals surface area contributed by atoms with Gasteiger partial charge in [0.2, 0.25) is 0 Å². The fourth-order valence-electron chi connectivity index (χ4n) is 0.976. The third-order valence-electron chi connectivity index (χ3n) is 1.86. The van der Waals surface area contributed by atoms with Gasteiger partial charge in [0.25, 0.3) is 5.91 Å². The van der Waals surface area contributed by atoms with Crippen molar-refractivity contribution in [1.82, 2.24) is 10.3 Å². The Labute approximate surface area is 99.4 Å². The van der Waals surface area contributed by atoms with Crippen LogP contribution in [-0.4, -0.2) is 33.6 Å². The zero-order valence-corrected chi connectivity index (χ0v) is 9.91. The van der Waals surface area contributed by atoms with Crippen molar-refractivity contribution in [2.75, 3.05) is 6.54 Å². The molecule has 1 heterocycles. The number of carbonyl (C=O) groups is 2. The lowest BCUT2D eigenvalue weighted by Gasteiger charge is -2.07. The molecule has 3 N–H and O–H groups in total. The number of carboxylic acid groups (broad SMARTS) is 1. The number of carboxylic acids is 1. The van der Waals surface area contributed by atoms with Gasteiger partial charge < -0.3 is 15.5 Å². The molecular weight excluding hydrogens is 280 g/mol. The van der Waals surface area contributed by atoms with Gasteiger partial charge in [-0.25, -0.2) is 4.98 Å². The first-order chi connectivity index (χ1) is 7.43. The number of halogens is 1. The van der Waals surface area contributed by atoms with Crippen LogP contribution < -0.4 is 5.32 Å². The maximum absolute atomic E-state index is 11.4. The zero-order chi connectivity index (χ0) is 12.3. The molecule has 0 aliphatic rings. The van der Waals surface area contributed by atoms with Crippen molar-refractivity contribution in [3.8, 4) is 5.75 Å². The van der Waals surface area contributed by atoms with Crippen molar-refractivity contribution in [2.45, 2.75) is 6.92 Å². The average molecular weight is 289 g/mol. The van der Waals surface area contributed by atoms with E-state index in [9.17, 15) is 14.7 Å². The predicted octanol–water partition coefficient (Wildman–Crippen LogP) is 0.673. The van der Waals surface area contributed by atoms with Crippen LogP contribution in [0.5, 0.6) is 5.75 Å². The van der Waals surface area contributed by atoms with Crippen LogP contribution in [-0.2, 0) is 4.79 Å². The van der Waals surface area contributed by atoms with E-state index in [1.807, 2.05) is 0 Å². The number of hydrogen-bond acceptors (Lipinski definition) is 4. The standard InChI is InChI=1S/C9H9BrN2O4/c1-4-5(10)2-11-7(8(4)15)9(16)12-3-6(13)14/h2,15H,3H2,1H3,(H,12,16)(H,13,14). The summed E-state index contributed by atoms with van der Waals surface area (Å²) < 4.78 is 0.569. The molecule has 1 rings (SSSR count). The van der Waals surface area contributed by atoms with Crippen LogP contribution in [0.3, 0.4) is 0 Å². The number of carbonyl (C=O) groups excluding carboxylic acids is 1. The second kappa shape index (κ2) is 4.93. The largest absolute Gasteiger partial charge is 0.505 e. The number of aromatic hydroxyl groups is 1. The quantitative estimate of drug-likeness (QED) is 0.759. The fourth-order valence-corrected chi connectivity index (χ4v) is 1.27. The molecule has 0 aliphatic heterocycles. The van der Waals surface area contributed by atoms with Gasteiger partial charge in [-0.2, -0.15) is 0 Å². The fraction of sp³-hybridized carbons (Fsp3) is 0.222. The Morgan fingerprint density at radius 3 is 2.75 bits per heavy atom. The molecule has 0 aliphatic carbocycles. The van der Waals surface area contributed by atoms with Crippen LogP contribution in [0.1, 0.15) is 16.1 Å². The van der Waals surface area contributed by atoms with Gasteiger partial charge in [-0.15, -0.1) is 0 Å². The Bertz CT molecular complexity index is 447. The molecule has 0 fully saturated rings. The highest BCUT2D eigenvalue weighted by Gasteiger charge is 2.16. The van der Waals surface area contributed by atoms with Crippen molar-refractivity contribution in [3.63, 3.8) is 0 Å². The van der Waals surface area contributed by atoms with Gasteiger partial charge in [-0.05, 0) is 22.9 Å². The maximum atomic E-state index is 11.4. The first kappa shape index (κ1) is 12.4. The van der Waals surface area contributed by atoms with E-state index in [0.717, 1.165) is 0 Å². The zero-order valence-electron chi connectivity index (χ0n) is 8.32. The summed E-state index contributed by atoms with van der Waals surface area (Å²) in [6.07, 6.45) is 1.37. The third-order valence-corrected chi connectivity index (χ3v) is 2.66. The molecule has 0 saturated carbocycles. The van der Waals surface area contributed by atoms with Crippen LogP contribution in [0.4, 0.5) is 0 Å². The van der Waals surface area contributed by atoms with Gasteiger partial charge in [0.1, 0.15) is 6.54 Å². The summed E-state index contributed by atoms with van der Waals surface area (Å²) in [6, 6.07) is 0. The minimum absolute atomic E-state index is 0.193. The van der Waals surface area contributed by atoms with Crippen molar-refractivity contribution in [2.24, 2.45) is 0 Å². The van der Waals surface area contributed by atoms with Crippen molar-refractivity contribution in [1.29, 1.82) is 0 Å². The van der Waals surface area contributed by atoms with Gasteiger partial charge >= 0.3 is 5.97 Å². The summed E-state index contributed by atoms with van der Waals surface area (Å²) in [6.45, 7) is 1.09. The van der Waals surface area contributed by atoms with Crippen molar-refractivity contribution in [3.05, 3.63) is 21.9 Å². The van der Waals surface area contributed by atoms with Crippen molar-refractivity contribution >= 4 is 27.8 Å². The number of aliphatic carboxylic acids is 1. The molecule has 0 aromatic carbocycles. The monoisotopic (exact) mass is 288 g/mol. The predicted molar refractivity (Wildman–Crippen MR) is 58.3 cm³/mol. The average Bonchev–Trinajstić information content (AvgIpc) is 2.23. The van der Waals surface area contributed by atoms with E-state index in [2.05, 4.69) is 26.2 Å². The number of rotatable bonds is 3. The molecule has 86 valence electrons. The topological polar surface area (TPSA) is 99.5 Å². The third kappa shape index (κ3) is 2.69. The molecule has 0 radical (unpaired) electrons. The highest BCUT2D eigenvalue weighted by Crippen LogP contribution is 2.26. The van der Waals surface area contributed by atoms with Crippen LogP contribution in [0.25, 0.3) is 0 Å². The van der Waals surface area contributed by atoms with Gasteiger partial charge in [-0.1, -0.05) is 0 Å². The lowest BCUT2D eigenvalue weighted by atomic mass is 10.2. The van der Waals surface area contributed by atoms with Crippen LogP contribution >= 0.6 is 15.9 Å². The van der Waals surface area contributed by atoms with Gasteiger partial charge in [0.15, 0.2) is 11.4 Å². The van der Waals surface area contributed by atoms with E-state index in [1.165, 1.54) is 6.20 Å². The number of aromatic nitrogens is 1. The Morgan fingerprint density at radius 1 is 1.56 bits per heavy atom. The lowest BCUT2D eigenvalue weighted by molar-refractivity contribution is -0.135. The summed E-state index contributed by atoms with van der Waals surface area (Å²) in [7, 11) is 0. The Morgan fingerprint density at radius 2 is 2.19 bits per heavy atom. The molecular formula is C9H9BrN2O4. The molecule has 6 nitrogen and oxygen atoms in total. The number of nitrogens with zero attached hydrogens (tertiary/aromatic N) is 1. The molecule has 0 unspecified atom stereocenters. The van der Waals surface area contributed by atoms with Crippen LogP contribution in [0.2, 0.25) is 0 Å². The minimum atomic E-state index is -1.17. The molecule has 0 atom stereocenters. The first-order valence-electron chi connectivity index (χ1n) is 4.27. The summed E-state index contributed by atoms with van der Waals surface area (Å²) in [5.41, 5.74) is 0.275. The molecule has 0 bridgehead atoms. The SMILES string of the molecule is Cc1c(Br)cnc(C(=O)NCC(=O)O)c1O. The second-order valence-corrected chi connectivity index (χ2v) is 3.86. The van der Waals surface area contributed by atoms with E-state index < -0.39 is 18.4 Å². The molecule has 0 saturated heterocycles. The van der Waals surface area contributed by atoms with E-state index in [-0.39, 0.29) is 11.4 Å². The molecule has 1 aromatic heterocycles. The van der Waals surface area contributed by atoms with Gasteiger partial charge in [0.05, 0.1) is 0 Å². The Hall–Kier alpha value is -1.63. The second-order valence-electron chi connectivity index (χ2n) is 3.00. The van der Waals surface area contributed by atoms with E-state index in [0.29, 0.717) is 10.0 Å².